The number of hydrogen-bond acceptors (Lipinski definition) is 4. The van der Waals surface area contributed by atoms with E-state index >= 15 is 0 Å². The Bertz CT molecular complexity index is 1110. The Morgan fingerprint density at radius 1 is 1.03 bits per heavy atom. The van der Waals surface area contributed by atoms with E-state index in [2.05, 4.69) is 15.9 Å². The van der Waals surface area contributed by atoms with Gasteiger partial charge in [-0.3, -0.25) is 4.79 Å². The summed E-state index contributed by atoms with van der Waals surface area (Å²) in [5, 5.41) is 7.21. The first-order valence-electron chi connectivity index (χ1n) is 9.27. The molecule has 4 nitrogen and oxygen atoms in total. The second-order valence-corrected chi connectivity index (χ2v) is 8.38. The molecule has 2 unspecified atom stereocenters. The van der Waals surface area contributed by atoms with Gasteiger partial charge in [0.05, 0.1) is 11.8 Å². The standard InChI is InChI=1S/C23H16BrClN2O2/c24-16-9-5-14(6-10-16)19-13-20-18-3-1-2-4-21(18)29-23(27(20)26-19)22(28)15-7-11-17(25)12-8-15/h1-12,20,23H,13H2. The van der Waals surface area contributed by atoms with E-state index in [9.17, 15) is 4.79 Å². The average Bonchev–Trinajstić information content (AvgIpc) is 3.19. The predicted octanol–water partition coefficient (Wildman–Crippen LogP) is 5.86. The minimum Gasteiger partial charge on any atom is -0.461 e. The molecular formula is C23H16BrClN2O2. The van der Waals surface area contributed by atoms with Gasteiger partial charge in [0, 0.05) is 27.0 Å². The van der Waals surface area contributed by atoms with Crippen LogP contribution in [-0.2, 0) is 0 Å². The molecular weight excluding hydrogens is 452 g/mol. The van der Waals surface area contributed by atoms with Crippen molar-refractivity contribution in [3.8, 4) is 5.75 Å². The highest BCUT2D eigenvalue weighted by molar-refractivity contribution is 9.10. The number of carbonyl (C=O) groups is 1. The second-order valence-electron chi connectivity index (χ2n) is 7.03. The highest BCUT2D eigenvalue weighted by atomic mass is 79.9. The minimum absolute atomic E-state index is 0.0418. The molecule has 2 aliphatic heterocycles. The Hall–Kier alpha value is -2.63. The van der Waals surface area contributed by atoms with E-state index in [1.165, 1.54) is 0 Å². The van der Waals surface area contributed by atoms with Gasteiger partial charge < -0.3 is 4.74 Å². The van der Waals surface area contributed by atoms with Gasteiger partial charge in [-0.15, -0.1) is 0 Å². The number of nitrogens with zero attached hydrogens (tertiary/aromatic N) is 2. The number of hydrogen-bond donors (Lipinski definition) is 0. The zero-order chi connectivity index (χ0) is 20.0. The van der Waals surface area contributed by atoms with Gasteiger partial charge in [-0.25, -0.2) is 5.01 Å². The molecule has 0 amide bonds. The molecule has 0 saturated carbocycles. The van der Waals surface area contributed by atoms with Gasteiger partial charge in [0.15, 0.2) is 0 Å². The van der Waals surface area contributed by atoms with Crippen molar-refractivity contribution in [2.24, 2.45) is 5.10 Å². The van der Waals surface area contributed by atoms with Crippen LogP contribution in [0.25, 0.3) is 0 Å². The van der Waals surface area contributed by atoms with Crippen molar-refractivity contribution in [2.45, 2.75) is 18.7 Å². The lowest BCUT2D eigenvalue weighted by molar-refractivity contribution is -0.00455. The Kier molecular flexibility index (Phi) is 4.64. The van der Waals surface area contributed by atoms with Crippen molar-refractivity contribution in [1.82, 2.24) is 5.01 Å². The van der Waals surface area contributed by atoms with Gasteiger partial charge in [0.25, 0.3) is 6.23 Å². The molecule has 29 heavy (non-hydrogen) atoms. The SMILES string of the molecule is O=C(c1ccc(Cl)cc1)C1Oc2ccccc2C2CC(c3ccc(Br)cc3)=NN12. The van der Waals surface area contributed by atoms with Crippen molar-refractivity contribution in [3.05, 3.63) is 99.0 Å². The van der Waals surface area contributed by atoms with Crippen LogP contribution in [0, 0.1) is 0 Å². The Labute approximate surface area is 181 Å². The number of Topliss-reactive ketones (excluding diaryl/α,β-unsaturated/α-hetero) is 1. The first-order chi connectivity index (χ1) is 14.1. The quantitative estimate of drug-likeness (QED) is 0.453. The highest BCUT2D eigenvalue weighted by Gasteiger charge is 2.43. The summed E-state index contributed by atoms with van der Waals surface area (Å²) in [5.74, 6) is 0.593. The third kappa shape index (κ3) is 3.34. The van der Waals surface area contributed by atoms with Crippen molar-refractivity contribution in [3.63, 3.8) is 0 Å². The number of halogens is 2. The van der Waals surface area contributed by atoms with E-state index in [0.29, 0.717) is 17.0 Å². The van der Waals surface area contributed by atoms with Gasteiger partial charge in [-0.1, -0.05) is 57.9 Å². The zero-order valence-corrected chi connectivity index (χ0v) is 17.6. The molecule has 2 heterocycles. The van der Waals surface area contributed by atoms with Gasteiger partial charge in [-0.05, 0) is 48.0 Å². The molecule has 144 valence electrons. The molecule has 2 aliphatic rings. The number of hydrazone groups is 1. The van der Waals surface area contributed by atoms with E-state index < -0.39 is 6.23 Å². The molecule has 5 rings (SSSR count). The monoisotopic (exact) mass is 466 g/mol. The van der Waals surface area contributed by atoms with E-state index in [0.717, 1.165) is 27.1 Å². The smallest absolute Gasteiger partial charge is 0.251 e. The van der Waals surface area contributed by atoms with E-state index in [1.54, 1.807) is 29.3 Å². The molecule has 0 bridgehead atoms. The largest absolute Gasteiger partial charge is 0.461 e. The summed E-state index contributed by atoms with van der Waals surface area (Å²) in [7, 11) is 0. The van der Waals surface area contributed by atoms with Gasteiger partial charge in [0.1, 0.15) is 5.75 Å². The molecule has 3 aromatic carbocycles. The number of benzene rings is 3. The van der Waals surface area contributed by atoms with Crippen LogP contribution in [0.1, 0.15) is 33.9 Å². The van der Waals surface area contributed by atoms with Crippen LogP contribution in [0.5, 0.6) is 5.75 Å². The summed E-state index contributed by atoms with van der Waals surface area (Å²) < 4.78 is 7.14. The van der Waals surface area contributed by atoms with E-state index in [1.807, 2.05) is 48.5 Å². The first-order valence-corrected chi connectivity index (χ1v) is 10.4. The zero-order valence-electron chi connectivity index (χ0n) is 15.3. The predicted molar refractivity (Wildman–Crippen MR) is 117 cm³/mol. The maximum Gasteiger partial charge on any atom is 0.251 e. The maximum absolute atomic E-state index is 13.3. The molecule has 2 atom stereocenters. The van der Waals surface area contributed by atoms with Crippen LogP contribution in [0.2, 0.25) is 5.02 Å². The van der Waals surface area contributed by atoms with Crippen LogP contribution < -0.4 is 4.74 Å². The molecule has 0 aliphatic carbocycles. The lowest BCUT2D eigenvalue weighted by atomic mass is 9.96. The number of rotatable bonds is 3. The molecule has 0 N–H and O–H groups in total. The minimum atomic E-state index is -0.816. The number of fused-ring (bicyclic) bond motifs is 3. The summed E-state index contributed by atoms with van der Waals surface area (Å²) >= 11 is 9.45. The normalized spacial score (nSPS) is 19.8. The number of para-hydroxylation sites is 1. The molecule has 6 heteroatoms. The van der Waals surface area contributed by atoms with Crippen LogP contribution in [0.4, 0.5) is 0 Å². The first kappa shape index (κ1) is 18.4. The van der Waals surface area contributed by atoms with E-state index in [-0.39, 0.29) is 11.8 Å². The fourth-order valence-electron chi connectivity index (χ4n) is 3.78. The maximum atomic E-state index is 13.3. The fraction of sp³-hybridized carbons (Fsp3) is 0.130. The summed E-state index contributed by atoms with van der Waals surface area (Å²) in [4.78, 5) is 13.3. The lowest BCUT2D eigenvalue weighted by Gasteiger charge is -2.37. The summed E-state index contributed by atoms with van der Waals surface area (Å²) in [5.41, 5.74) is 3.57. The molecule has 0 saturated heterocycles. The van der Waals surface area contributed by atoms with Crippen LogP contribution in [0.15, 0.2) is 82.4 Å². The Morgan fingerprint density at radius 3 is 2.52 bits per heavy atom. The fourth-order valence-corrected chi connectivity index (χ4v) is 4.17. The average molecular weight is 468 g/mol. The summed E-state index contributed by atoms with van der Waals surface area (Å²) in [6.07, 6.45) is -0.101. The van der Waals surface area contributed by atoms with Crippen molar-refractivity contribution < 1.29 is 9.53 Å². The number of carbonyl (C=O) groups excluding carboxylic acids is 1. The van der Waals surface area contributed by atoms with Crippen molar-refractivity contribution in [1.29, 1.82) is 0 Å². The van der Waals surface area contributed by atoms with Crippen LogP contribution >= 0.6 is 27.5 Å². The number of ether oxygens (including phenoxy) is 1. The third-order valence-electron chi connectivity index (χ3n) is 5.23. The Morgan fingerprint density at radius 2 is 1.76 bits per heavy atom. The topological polar surface area (TPSA) is 41.9 Å². The van der Waals surface area contributed by atoms with Crippen molar-refractivity contribution >= 4 is 39.0 Å². The van der Waals surface area contributed by atoms with Gasteiger partial charge in [-0.2, -0.15) is 5.10 Å². The highest BCUT2D eigenvalue weighted by Crippen LogP contribution is 2.43. The van der Waals surface area contributed by atoms with Crippen molar-refractivity contribution in [2.75, 3.05) is 0 Å². The Balaban J connectivity index is 1.55. The molecule has 0 spiro atoms. The molecule has 0 fully saturated rings. The lowest BCUT2D eigenvalue weighted by Crippen LogP contribution is -2.45. The van der Waals surface area contributed by atoms with E-state index in [4.69, 9.17) is 21.4 Å². The van der Waals surface area contributed by atoms with Gasteiger partial charge in [0.2, 0.25) is 5.78 Å². The summed E-state index contributed by atoms with van der Waals surface area (Å²) in [6, 6.07) is 22.7. The molecule has 0 radical (unpaired) electrons. The third-order valence-corrected chi connectivity index (χ3v) is 6.01. The second kappa shape index (κ2) is 7.32. The van der Waals surface area contributed by atoms with Gasteiger partial charge >= 0.3 is 0 Å². The number of ketones is 1. The van der Waals surface area contributed by atoms with Crippen LogP contribution in [0.3, 0.4) is 0 Å². The van der Waals surface area contributed by atoms with Crippen LogP contribution in [-0.4, -0.2) is 22.7 Å². The summed E-state index contributed by atoms with van der Waals surface area (Å²) in [6.45, 7) is 0. The molecule has 3 aromatic rings. The molecule has 0 aromatic heterocycles.